The van der Waals surface area contributed by atoms with Gasteiger partial charge in [-0.05, 0) is 40.3 Å². The maximum atomic E-state index is 13.9. The molecule has 1 heteroatoms. The lowest BCUT2D eigenvalue weighted by Gasteiger charge is -2.36. The summed E-state index contributed by atoms with van der Waals surface area (Å²) in [4.78, 5) is 0. The van der Waals surface area contributed by atoms with E-state index in [-0.39, 0.29) is 0 Å². The first-order valence-electron chi connectivity index (χ1n) is 9.41. The molecule has 1 unspecified atom stereocenters. The van der Waals surface area contributed by atoms with Crippen LogP contribution in [0.2, 0.25) is 0 Å². The van der Waals surface area contributed by atoms with Gasteiger partial charge in [-0.2, -0.15) is 0 Å². The maximum absolute atomic E-state index is 13.9. The largest absolute Gasteiger partial charge is 0.243 e. The molecule has 0 amide bonds. The average Bonchev–Trinajstić information content (AvgIpc) is 3.00. The van der Waals surface area contributed by atoms with Crippen molar-refractivity contribution in [2.24, 2.45) is 0 Å². The Labute approximate surface area is 160 Å². The lowest BCUT2D eigenvalue weighted by atomic mass is 9.65. The first kappa shape index (κ1) is 17.5. The number of allylic oxidation sites excluding steroid dienone is 9. The van der Waals surface area contributed by atoms with Crippen molar-refractivity contribution in [3.63, 3.8) is 0 Å². The Balaban J connectivity index is 2.13. The van der Waals surface area contributed by atoms with E-state index in [1.165, 1.54) is 22.3 Å². The summed E-state index contributed by atoms with van der Waals surface area (Å²) < 4.78 is 13.9. The first-order chi connectivity index (χ1) is 13.2. The van der Waals surface area contributed by atoms with E-state index in [2.05, 4.69) is 79.4 Å². The topological polar surface area (TPSA) is 0 Å². The van der Waals surface area contributed by atoms with Crippen molar-refractivity contribution in [2.45, 2.75) is 24.9 Å². The molecule has 0 spiro atoms. The zero-order chi connectivity index (χ0) is 18.9. The van der Waals surface area contributed by atoms with E-state index in [0.717, 1.165) is 11.1 Å². The standard InChI is InChI=1S/C26H23F/c1-3-9-19(10-4-2)26(20-15-17-21(27)18-16-20)24-13-7-5-11-22(24)23-12-6-8-14-25(23)26/h3-17,21H,1,18H2,2H3/b10-4-,19-9+. The van der Waals surface area contributed by atoms with Gasteiger partial charge in [0.2, 0.25) is 0 Å². The SMILES string of the molecule is C=C/C=C(\C=C/C)C1(C2=CCC(F)C=C2)c2ccccc2-c2ccccc21. The molecule has 0 saturated carbocycles. The smallest absolute Gasteiger partial charge is 0.122 e. The zero-order valence-corrected chi connectivity index (χ0v) is 15.5. The van der Waals surface area contributed by atoms with Crippen LogP contribution in [0.15, 0.2) is 109 Å². The van der Waals surface area contributed by atoms with Gasteiger partial charge in [0.05, 0.1) is 5.41 Å². The van der Waals surface area contributed by atoms with Crippen molar-refractivity contribution < 1.29 is 4.39 Å². The lowest BCUT2D eigenvalue weighted by Crippen LogP contribution is -2.30. The number of benzene rings is 2. The zero-order valence-electron chi connectivity index (χ0n) is 15.5. The highest BCUT2D eigenvalue weighted by molar-refractivity contribution is 5.87. The number of hydrogen-bond acceptors (Lipinski definition) is 0. The minimum Gasteiger partial charge on any atom is -0.243 e. The monoisotopic (exact) mass is 354 g/mol. The second-order valence-corrected chi connectivity index (χ2v) is 6.97. The van der Waals surface area contributed by atoms with Crippen molar-refractivity contribution in [1.29, 1.82) is 0 Å². The third kappa shape index (κ3) is 2.57. The van der Waals surface area contributed by atoms with Crippen molar-refractivity contribution in [3.05, 3.63) is 120 Å². The van der Waals surface area contributed by atoms with Crippen LogP contribution in [0.3, 0.4) is 0 Å². The minimum atomic E-state index is -0.911. The molecule has 2 aromatic rings. The van der Waals surface area contributed by atoms with E-state index >= 15 is 0 Å². The molecule has 0 radical (unpaired) electrons. The third-order valence-electron chi connectivity index (χ3n) is 5.51. The molecular weight excluding hydrogens is 331 g/mol. The van der Waals surface area contributed by atoms with Crippen LogP contribution in [-0.2, 0) is 5.41 Å². The molecule has 0 fully saturated rings. The average molecular weight is 354 g/mol. The molecule has 0 heterocycles. The molecule has 0 nitrogen and oxygen atoms in total. The van der Waals surface area contributed by atoms with Crippen LogP contribution in [0.25, 0.3) is 11.1 Å². The second kappa shape index (κ2) is 7.00. The van der Waals surface area contributed by atoms with Crippen molar-refractivity contribution in [2.75, 3.05) is 0 Å². The summed E-state index contributed by atoms with van der Waals surface area (Å²) in [5.41, 5.74) is 6.78. The molecule has 134 valence electrons. The number of fused-ring (bicyclic) bond motifs is 3. The predicted molar refractivity (Wildman–Crippen MR) is 112 cm³/mol. The number of rotatable bonds is 4. The van der Waals surface area contributed by atoms with Gasteiger partial charge >= 0.3 is 0 Å². The van der Waals surface area contributed by atoms with Gasteiger partial charge in [-0.25, -0.2) is 4.39 Å². The van der Waals surface area contributed by atoms with E-state index < -0.39 is 11.6 Å². The highest BCUT2D eigenvalue weighted by Gasteiger charge is 2.47. The molecule has 0 aliphatic heterocycles. The molecule has 0 aromatic heterocycles. The highest BCUT2D eigenvalue weighted by atomic mass is 19.1. The van der Waals surface area contributed by atoms with Gasteiger partial charge in [-0.3, -0.25) is 0 Å². The van der Waals surface area contributed by atoms with Gasteiger partial charge in [0.1, 0.15) is 6.17 Å². The molecule has 1 atom stereocenters. The van der Waals surface area contributed by atoms with Crippen LogP contribution < -0.4 is 0 Å². The summed E-state index contributed by atoms with van der Waals surface area (Å²) in [6, 6.07) is 17.1. The summed E-state index contributed by atoms with van der Waals surface area (Å²) in [6.45, 7) is 5.97. The molecular formula is C26H23F. The van der Waals surface area contributed by atoms with Gasteiger partial charge in [-0.1, -0.05) is 97.6 Å². The molecule has 0 bridgehead atoms. The molecule has 2 aromatic carbocycles. The van der Waals surface area contributed by atoms with E-state index in [1.807, 2.05) is 19.1 Å². The van der Waals surface area contributed by atoms with Crippen LogP contribution in [-0.4, -0.2) is 6.17 Å². The second-order valence-electron chi connectivity index (χ2n) is 6.97. The number of halogens is 1. The Hall–Kier alpha value is -2.93. The van der Waals surface area contributed by atoms with Gasteiger partial charge in [0, 0.05) is 6.42 Å². The quantitative estimate of drug-likeness (QED) is 0.526. The van der Waals surface area contributed by atoms with Gasteiger partial charge in [0.15, 0.2) is 0 Å². The predicted octanol–water partition coefficient (Wildman–Crippen LogP) is 6.87. The summed E-state index contributed by atoms with van der Waals surface area (Å²) in [5, 5.41) is 0. The lowest BCUT2D eigenvalue weighted by molar-refractivity contribution is 0.399. The summed E-state index contributed by atoms with van der Waals surface area (Å²) in [7, 11) is 0. The van der Waals surface area contributed by atoms with Crippen LogP contribution >= 0.6 is 0 Å². The van der Waals surface area contributed by atoms with Crippen LogP contribution in [0.5, 0.6) is 0 Å². The highest BCUT2D eigenvalue weighted by Crippen LogP contribution is 2.57. The van der Waals surface area contributed by atoms with Crippen molar-refractivity contribution in [3.8, 4) is 11.1 Å². The molecule has 2 aliphatic carbocycles. The summed E-state index contributed by atoms with van der Waals surface area (Å²) in [5.74, 6) is 0. The Morgan fingerprint density at radius 2 is 1.70 bits per heavy atom. The van der Waals surface area contributed by atoms with E-state index in [0.29, 0.717) is 6.42 Å². The van der Waals surface area contributed by atoms with Crippen LogP contribution in [0, 0.1) is 0 Å². The first-order valence-corrected chi connectivity index (χ1v) is 9.41. The van der Waals surface area contributed by atoms with Crippen LogP contribution in [0.1, 0.15) is 24.5 Å². The van der Waals surface area contributed by atoms with Crippen LogP contribution in [0.4, 0.5) is 4.39 Å². The Morgan fingerprint density at radius 1 is 1.07 bits per heavy atom. The molecule has 0 saturated heterocycles. The fourth-order valence-electron chi connectivity index (χ4n) is 4.51. The van der Waals surface area contributed by atoms with E-state index in [9.17, 15) is 4.39 Å². The van der Waals surface area contributed by atoms with Gasteiger partial charge in [-0.15, -0.1) is 0 Å². The summed E-state index contributed by atoms with van der Waals surface area (Å²) >= 11 is 0. The maximum Gasteiger partial charge on any atom is 0.122 e. The summed E-state index contributed by atoms with van der Waals surface area (Å²) in [6.07, 6.45) is 13.3. The Morgan fingerprint density at radius 3 is 2.22 bits per heavy atom. The molecule has 0 N–H and O–H groups in total. The molecule has 4 rings (SSSR count). The minimum absolute atomic E-state index is 0.412. The van der Waals surface area contributed by atoms with E-state index in [1.54, 1.807) is 6.08 Å². The molecule has 27 heavy (non-hydrogen) atoms. The normalized spacial score (nSPS) is 20.3. The third-order valence-corrected chi connectivity index (χ3v) is 5.51. The van der Waals surface area contributed by atoms with Gasteiger partial charge < -0.3 is 0 Å². The van der Waals surface area contributed by atoms with Gasteiger partial charge in [0.25, 0.3) is 0 Å². The Kier molecular flexibility index (Phi) is 4.53. The fraction of sp³-hybridized carbons (Fsp3) is 0.154. The van der Waals surface area contributed by atoms with E-state index in [4.69, 9.17) is 0 Å². The Bertz CT molecular complexity index is 955. The number of hydrogen-bond donors (Lipinski definition) is 0. The number of alkyl halides is 1. The molecule has 2 aliphatic rings. The van der Waals surface area contributed by atoms with Crippen molar-refractivity contribution >= 4 is 0 Å². The fourth-order valence-corrected chi connectivity index (χ4v) is 4.51. The van der Waals surface area contributed by atoms with Crippen molar-refractivity contribution in [1.82, 2.24) is 0 Å².